The standard InChI is InChI=1S/C21H22N2O2/c1-13-10-11-18(12-14(13)2)15(3)22-21(24)19-16(4)25-23-20(19)17-8-6-5-7-9-17/h5-12,15H,1-4H3,(H,22,24)/t15-/m0/s1. The van der Waals surface area contributed by atoms with Crippen molar-refractivity contribution in [2.75, 3.05) is 0 Å². The lowest BCUT2D eigenvalue weighted by Crippen LogP contribution is -2.27. The summed E-state index contributed by atoms with van der Waals surface area (Å²) in [6.45, 7) is 7.89. The molecule has 1 heterocycles. The molecule has 0 spiro atoms. The van der Waals surface area contributed by atoms with E-state index in [0.717, 1.165) is 11.1 Å². The predicted octanol–water partition coefficient (Wildman–Crippen LogP) is 4.76. The molecule has 1 N–H and O–H groups in total. The Bertz CT molecular complexity index is 898. The summed E-state index contributed by atoms with van der Waals surface area (Å²) in [4.78, 5) is 12.8. The predicted molar refractivity (Wildman–Crippen MR) is 98.5 cm³/mol. The zero-order valence-corrected chi connectivity index (χ0v) is 15.0. The number of nitrogens with one attached hydrogen (secondary N) is 1. The van der Waals surface area contributed by atoms with Gasteiger partial charge in [-0.25, -0.2) is 0 Å². The molecule has 0 aliphatic heterocycles. The van der Waals surface area contributed by atoms with Crippen molar-refractivity contribution in [1.29, 1.82) is 0 Å². The van der Waals surface area contributed by atoms with Crippen LogP contribution in [0, 0.1) is 20.8 Å². The summed E-state index contributed by atoms with van der Waals surface area (Å²) in [6.07, 6.45) is 0. The monoisotopic (exact) mass is 334 g/mol. The molecular formula is C21H22N2O2. The van der Waals surface area contributed by atoms with Gasteiger partial charge in [0.1, 0.15) is 17.0 Å². The highest BCUT2D eigenvalue weighted by atomic mass is 16.5. The molecule has 128 valence electrons. The van der Waals surface area contributed by atoms with Gasteiger partial charge in [0.2, 0.25) is 0 Å². The second-order valence-electron chi connectivity index (χ2n) is 6.37. The molecular weight excluding hydrogens is 312 g/mol. The van der Waals surface area contributed by atoms with Crippen molar-refractivity contribution in [2.45, 2.75) is 33.7 Å². The fourth-order valence-electron chi connectivity index (χ4n) is 2.82. The maximum Gasteiger partial charge on any atom is 0.257 e. The minimum atomic E-state index is -0.177. The Morgan fingerprint density at radius 1 is 1.04 bits per heavy atom. The van der Waals surface area contributed by atoms with Crippen LogP contribution in [-0.2, 0) is 0 Å². The molecule has 25 heavy (non-hydrogen) atoms. The van der Waals surface area contributed by atoms with Gasteiger partial charge in [-0.3, -0.25) is 4.79 Å². The summed E-state index contributed by atoms with van der Waals surface area (Å²) in [7, 11) is 0. The number of benzene rings is 2. The number of carbonyl (C=O) groups excluding carboxylic acids is 1. The summed E-state index contributed by atoms with van der Waals surface area (Å²) in [5.41, 5.74) is 5.45. The largest absolute Gasteiger partial charge is 0.360 e. The molecule has 0 aliphatic rings. The van der Waals surface area contributed by atoms with E-state index >= 15 is 0 Å². The van der Waals surface area contributed by atoms with Gasteiger partial charge in [0.25, 0.3) is 5.91 Å². The van der Waals surface area contributed by atoms with Gasteiger partial charge in [-0.1, -0.05) is 53.7 Å². The lowest BCUT2D eigenvalue weighted by Gasteiger charge is -2.16. The zero-order valence-electron chi connectivity index (χ0n) is 15.0. The van der Waals surface area contributed by atoms with E-state index in [1.54, 1.807) is 6.92 Å². The molecule has 1 amide bonds. The number of aromatic nitrogens is 1. The van der Waals surface area contributed by atoms with E-state index in [1.165, 1.54) is 11.1 Å². The molecule has 0 fully saturated rings. The topological polar surface area (TPSA) is 55.1 Å². The van der Waals surface area contributed by atoms with Crippen LogP contribution in [0.4, 0.5) is 0 Å². The Hall–Kier alpha value is -2.88. The lowest BCUT2D eigenvalue weighted by atomic mass is 10.0. The van der Waals surface area contributed by atoms with Gasteiger partial charge in [0.15, 0.2) is 0 Å². The number of aryl methyl sites for hydroxylation is 3. The van der Waals surface area contributed by atoms with Crippen LogP contribution in [0.1, 0.15) is 45.8 Å². The van der Waals surface area contributed by atoms with Crippen molar-refractivity contribution < 1.29 is 9.32 Å². The van der Waals surface area contributed by atoms with Gasteiger partial charge in [0.05, 0.1) is 6.04 Å². The molecule has 1 aromatic heterocycles. The fraction of sp³-hybridized carbons (Fsp3) is 0.238. The highest BCUT2D eigenvalue weighted by Crippen LogP contribution is 2.26. The third kappa shape index (κ3) is 3.48. The lowest BCUT2D eigenvalue weighted by molar-refractivity contribution is 0.0939. The molecule has 4 nitrogen and oxygen atoms in total. The van der Waals surface area contributed by atoms with Crippen molar-refractivity contribution in [3.05, 3.63) is 76.5 Å². The smallest absolute Gasteiger partial charge is 0.257 e. The summed E-state index contributed by atoms with van der Waals surface area (Å²) in [5, 5.41) is 7.13. The first-order valence-corrected chi connectivity index (χ1v) is 8.37. The van der Waals surface area contributed by atoms with E-state index in [2.05, 4.69) is 36.5 Å². The first-order chi connectivity index (χ1) is 12.0. The SMILES string of the molecule is Cc1ccc([C@H](C)NC(=O)c2c(-c3ccccc3)noc2C)cc1C. The highest BCUT2D eigenvalue weighted by molar-refractivity contribution is 6.00. The Morgan fingerprint density at radius 3 is 2.44 bits per heavy atom. The van der Waals surface area contributed by atoms with Crippen LogP contribution in [0.25, 0.3) is 11.3 Å². The summed E-state index contributed by atoms with van der Waals surface area (Å²) in [6, 6.07) is 15.7. The van der Waals surface area contributed by atoms with Crippen LogP contribution in [0.2, 0.25) is 0 Å². The molecule has 1 atom stereocenters. The van der Waals surface area contributed by atoms with E-state index in [-0.39, 0.29) is 11.9 Å². The van der Waals surface area contributed by atoms with E-state index in [0.29, 0.717) is 17.0 Å². The van der Waals surface area contributed by atoms with Crippen molar-refractivity contribution in [2.24, 2.45) is 0 Å². The van der Waals surface area contributed by atoms with E-state index in [9.17, 15) is 4.79 Å². The second-order valence-corrected chi connectivity index (χ2v) is 6.37. The molecule has 0 unspecified atom stereocenters. The quantitative estimate of drug-likeness (QED) is 0.748. The van der Waals surface area contributed by atoms with Gasteiger partial charge in [0, 0.05) is 5.56 Å². The van der Waals surface area contributed by atoms with E-state index in [4.69, 9.17) is 4.52 Å². The summed E-state index contributed by atoms with van der Waals surface area (Å²) < 4.78 is 5.28. The minimum Gasteiger partial charge on any atom is -0.360 e. The van der Waals surface area contributed by atoms with E-state index in [1.807, 2.05) is 43.3 Å². The third-order valence-corrected chi connectivity index (χ3v) is 4.52. The van der Waals surface area contributed by atoms with Crippen LogP contribution in [0.5, 0.6) is 0 Å². The number of amides is 1. The third-order valence-electron chi connectivity index (χ3n) is 4.52. The van der Waals surface area contributed by atoms with Crippen molar-refractivity contribution in [1.82, 2.24) is 10.5 Å². The van der Waals surface area contributed by atoms with Crippen molar-refractivity contribution in [3.63, 3.8) is 0 Å². The normalized spacial score (nSPS) is 12.0. The number of carbonyl (C=O) groups is 1. The van der Waals surface area contributed by atoms with Crippen LogP contribution < -0.4 is 5.32 Å². The second kappa shape index (κ2) is 6.93. The zero-order chi connectivity index (χ0) is 18.0. The van der Waals surface area contributed by atoms with Crippen LogP contribution >= 0.6 is 0 Å². The Balaban J connectivity index is 1.86. The maximum atomic E-state index is 12.8. The molecule has 4 heteroatoms. The van der Waals surface area contributed by atoms with Crippen LogP contribution in [0.3, 0.4) is 0 Å². The Morgan fingerprint density at radius 2 is 1.76 bits per heavy atom. The molecule has 0 aliphatic carbocycles. The molecule has 3 rings (SSSR count). The van der Waals surface area contributed by atoms with Gasteiger partial charge >= 0.3 is 0 Å². The highest BCUT2D eigenvalue weighted by Gasteiger charge is 2.23. The van der Waals surface area contributed by atoms with Gasteiger partial charge < -0.3 is 9.84 Å². The van der Waals surface area contributed by atoms with Gasteiger partial charge in [-0.15, -0.1) is 0 Å². The van der Waals surface area contributed by atoms with E-state index < -0.39 is 0 Å². The van der Waals surface area contributed by atoms with Gasteiger partial charge in [-0.2, -0.15) is 0 Å². The number of hydrogen-bond acceptors (Lipinski definition) is 3. The Labute approximate surface area is 147 Å². The average molecular weight is 334 g/mol. The average Bonchev–Trinajstić information content (AvgIpc) is 2.99. The summed E-state index contributed by atoms with van der Waals surface area (Å²) in [5.74, 6) is 0.340. The molecule has 0 radical (unpaired) electrons. The van der Waals surface area contributed by atoms with Gasteiger partial charge in [-0.05, 0) is 44.4 Å². The summed E-state index contributed by atoms with van der Waals surface area (Å²) >= 11 is 0. The first-order valence-electron chi connectivity index (χ1n) is 8.37. The number of hydrogen-bond donors (Lipinski definition) is 1. The van der Waals surface area contributed by atoms with Crippen molar-refractivity contribution >= 4 is 5.91 Å². The van der Waals surface area contributed by atoms with Crippen molar-refractivity contribution in [3.8, 4) is 11.3 Å². The molecule has 0 saturated heterocycles. The molecule has 3 aromatic rings. The number of nitrogens with zero attached hydrogens (tertiary/aromatic N) is 1. The maximum absolute atomic E-state index is 12.8. The van der Waals surface area contributed by atoms with Crippen LogP contribution in [-0.4, -0.2) is 11.1 Å². The minimum absolute atomic E-state index is 0.107. The van der Waals surface area contributed by atoms with Crippen LogP contribution in [0.15, 0.2) is 53.1 Å². The fourth-order valence-corrected chi connectivity index (χ4v) is 2.82. The first kappa shape index (κ1) is 17.0. The number of rotatable bonds is 4. The molecule has 2 aromatic carbocycles. The molecule has 0 saturated carbocycles. The Kier molecular flexibility index (Phi) is 4.70. The molecule has 0 bridgehead atoms.